The minimum atomic E-state index is -5.22. The van der Waals surface area contributed by atoms with E-state index in [2.05, 4.69) is 0 Å². The minimum Gasteiger partial charge on any atom is -0.344 e. The van der Waals surface area contributed by atoms with E-state index in [1.807, 2.05) is 0 Å². The van der Waals surface area contributed by atoms with Crippen LogP contribution < -0.4 is 12.3 Å². The van der Waals surface area contributed by atoms with Crippen LogP contribution in [0.2, 0.25) is 0 Å². The van der Waals surface area contributed by atoms with Crippen molar-refractivity contribution in [1.82, 2.24) is 12.3 Å². The van der Waals surface area contributed by atoms with Crippen molar-refractivity contribution in [2.75, 3.05) is 0 Å². The Bertz CT molecular complexity index is 219. The summed E-state index contributed by atoms with van der Waals surface area (Å²) in [6.45, 7) is 0. The van der Waals surface area contributed by atoms with Gasteiger partial charge in [0.25, 0.3) is 0 Å². The van der Waals surface area contributed by atoms with Crippen LogP contribution in [0.15, 0.2) is 0 Å². The molecule has 0 fully saturated rings. The van der Waals surface area contributed by atoms with Gasteiger partial charge in [-0.05, 0) is 0 Å². The van der Waals surface area contributed by atoms with Gasteiger partial charge in [0.2, 0.25) is 0 Å². The Morgan fingerprint density at radius 3 is 1.00 bits per heavy atom. The van der Waals surface area contributed by atoms with Crippen LogP contribution in [0.25, 0.3) is 0 Å². The zero-order valence-electron chi connectivity index (χ0n) is 6.17. The quantitative estimate of drug-likeness (QED) is 0.315. The lowest BCUT2D eigenvalue weighted by Gasteiger charge is -2.20. The second-order valence-electron chi connectivity index (χ2n) is 1.60. The maximum atomic E-state index is 10.2. The summed E-state index contributed by atoms with van der Waals surface area (Å²) in [7, 11) is -10.4. The van der Waals surface area contributed by atoms with Crippen molar-refractivity contribution in [2.45, 2.75) is 3.82 Å². The molecular formula is CH10Cl2N2O6P2. The van der Waals surface area contributed by atoms with Gasteiger partial charge in [0.15, 0.2) is 0 Å². The summed E-state index contributed by atoms with van der Waals surface area (Å²) in [6.07, 6.45) is 0. The number of alkyl halides is 2. The molecule has 0 spiro atoms. The van der Waals surface area contributed by atoms with Crippen molar-refractivity contribution in [1.29, 1.82) is 0 Å². The number of rotatable bonds is 2. The topological polar surface area (TPSA) is 185 Å². The van der Waals surface area contributed by atoms with E-state index in [0.29, 0.717) is 0 Å². The van der Waals surface area contributed by atoms with E-state index >= 15 is 0 Å². The molecule has 0 aromatic rings. The second kappa shape index (κ2) is 5.04. The zero-order valence-corrected chi connectivity index (χ0v) is 9.47. The molecule has 0 saturated carbocycles. The Morgan fingerprint density at radius 2 is 1.00 bits per heavy atom. The van der Waals surface area contributed by atoms with Gasteiger partial charge in [0, 0.05) is 0 Å². The molecule has 10 N–H and O–H groups in total. The third-order valence-electron chi connectivity index (χ3n) is 0.701. The fraction of sp³-hybridized carbons (Fsp3) is 1.00. The molecule has 0 aliphatic carbocycles. The first-order valence-corrected chi connectivity index (χ1v) is 5.97. The standard InChI is InChI=1S/CH4Cl2O6P2.2H3N/c2-1(3,10(4,5)6)11(7,8)9;;/h(H2,4,5,6)(H2,7,8,9);2*1H3. The highest BCUT2D eigenvalue weighted by Gasteiger charge is 2.58. The Hall–Kier alpha value is 0.800. The van der Waals surface area contributed by atoms with Crippen LogP contribution in [-0.4, -0.2) is 23.4 Å². The Kier molecular flexibility index (Phi) is 7.52. The highest BCUT2D eigenvalue weighted by Crippen LogP contribution is 2.73. The van der Waals surface area contributed by atoms with E-state index in [-0.39, 0.29) is 12.3 Å². The molecule has 12 heteroatoms. The Balaban J connectivity index is -0.000000500. The molecule has 84 valence electrons. The highest BCUT2D eigenvalue weighted by molar-refractivity contribution is 7.78. The first kappa shape index (κ1) is 19.4. The molecule has 0 aromatic carbocycles. The molecule has 0 aromatic heterocycles. The number of hydrogen-bond acceptors (Lipinski definition) is 4. The van der Waals surface area contributed by atoms with Gasteiger partial charge in [-0.2, -0.15) is 0 Å². The molecule has 13 heavy (non-hydrogen) atoms. The van der Waals surface area contributed by atoms with Crippen molar-refractivity contribution < 1.29 is 28.7 Å². The molecule has 0 radical (unpaired) electrons. The first-order chi connectivity index (χ1) is 4.50. The molecule has 0 heterocycles. The van der Waals surface area contributed by atoms with E-state index in [1.165, 1.54) is 0 Å². The van der Waals surface area contributed by atoms with Crippen molar-refractivity contribution in [3.05, 3.63) is 0 Å². The van der Waals surface area contributed by atoms with Crippen LogP contribution in [0.1, 0.15) is 0 Å². The molecule has 0 aliphatic rings. The SMILES string of the molecule is N.N.O=P(O)(O)C(Cl)(Cl)P(=O)(O)O. The first-order valence-electron chi connectivity index (χ1n) is 1.99. The fourth-order valence-electron chi connectivity index (χ4n) is 0.170. The Labute approximate surface area is 83.7 Å². The van der Waals surface area contributed by atoms with Crippen LogP contribution in [0.4, 0.5) is 0 Å². The predicted molar refractivity (Wildman–Crippen MR) is 48.6 cm³/mol. The van der Waals surface area contributed by atoms with Gasteiger partial charge < -0.3 is 31.9 Å². The fourth-order valence-corrected chi connectivity index (χ4v) is 1.53. The number of hydrogen-bond donors (Lipinski definition) is 6. The van der Waals surface area contributed by atoms with E-state index in [4.69, 9.17) is 42.8 Å². The molecule has 8 nitrogen and oxygen atoms in total. The second-order valence-corrected chi connectivity index (χ2v) is 7.85. The van der Waals surface area contributed by atoms with E-state index in [0.717, 1.165) is 0 Å². The van der Waals surface area contributed by atoms with Crippen molar-refractivity contribution in [2.24, 2.45) is 0 Å². The molecule has 0 aliphatic heterocycles. The van der Waals surface area contributed by atoms with E-state index in [1.54, 1.807) is 0 Å². The third-order valence-corrected chi connectivity index (χ3v) is 6.31. The summed E-state index contributed by atoms with van der Waals surface area (Å²) < 4.78 is 17.1. The van der Waals surface area contributed by atoms with Crippen LogP contribution >= 0.6 is 38.4 Å². The van der Waals surface area contributed by atoms with Gasteiger partial charge in [0.1, 0.15) is 0 Å². The molecule has 0 saturated heterocycles. The van der Waals surface area contributed by atoms with Gasteiger partial charge >= 0.3 is 19.0 Å². The van der Waals surface area contributed by atoms with Crippen molar-refractivity contribution in [3.63, 3.8) is 0 Å². The van der Waals surface area contributed by atoms with Crippen LogP contribution in [0.3, 0.4) is 0 Å². The number of halogens is 2. The minimum absolute atomic E-state index is 0. The predicted octanol–water partition coefficient (Wildman–Crippen LogP) is 0.755. The van der Waals surface area contributed by atoms with Gasteiger partial charge in [-0.25, -0.2) is 0 Å². The largest absolute Gasteiger partial charge is 0.373 e. The Morgan fingerprint density at radius 1 is 0.846 bits per heavy atom. The average Bonchev–Trinajstić information content (AvgIpc) is 1.58. The van der Waals surface area contributed by atoms with Crippen molar-refractivity contribution in [3.8, 4) is 0 Å². The lowest BCUT2D eigenvalue weighted by molar-refractivity contribution is 0.345. The summed E-state index contributed by atoms with van der Waals surface area (Å²) in [4.78, 5) is 32.9. The summed E-state index contributed by atoms with van der Waals surface area (Å²) >= 11 is 9.46. The molecule has 0 amide bonds. The van der Waals surface area contributed by atoms with Crippen LogP contribution in [0, 0.1) is 0 Å². The van der Waals surface area contributed by atoms with Gasteiger partial charge in [-0.15, -0.1) is 0 Å². The lowest BCUT2D eigenvalue weighted by Crippen LogP contribution is -2.13. The molecular weight excluding hydrogens is 269 g/mol. The third kappa shape index (κ3) is 4.22. The lowest BCUT2D eigenvalue weighted by atomic mass is 11.8. The maximum absolute atomic E-state index is 10.2. The maximum Gasteiger partial charge on any atom is 0.373 e. The van der Waals surface area contributed by atoms with E-state index in [9.17, 15) is 9.13 Å². The van der Waals surface area contributed by atoms with Gasteiger partial charge in [0.05, 0.1) is 0 Å². The summed E-state index contributed by atoms with van der Waals surface area (Å²) in [6, 6.07) is 0. The molecule has 0 atom stereocenters. The average molecular weight is 279 g/mol. The van der Waals surface area contributed by atoms with Crippen molar-refractivity contribution >= 4 is 38.4 Å². The van der Waals surface area contributed by atoms with E-state index < -0.39 is 19.0 Å². The molecule has 0 bridgehead atoms. The van der Waals surface area contributed by atoms with Crippen LogP contribution in [-0.2, 0) is 9.13 Å². The highest BCUT2D eigenvalue weighted by atomic mass is 35.5. The van der Waals surface area contributed by atoms with Gasteiger partial charge in [-0.3, -0.25) is 9.13 Å². The van der Waals surface area contributed by atoms with Gasteiger partial charge in [-0.1, -0.05) is 23.2 Å². The summed E-state index contributed by atoms with van der Waals surface area (Å²) in [5, 5.41) is 0. The zero-order chi connectivity index (χ0) is 9.50. The summed E-state index contributed by atoms with van der Waals surface area (Å²) in [5.41, 5.74) is 0. The smallest absolute Gasteiger partial charge is 0.344 e. The van der Waals surface area contributed by atoms with Crippen LogP contribution in [0.5, 0.6) is 0 Å². The monoisotopic (exact) mass is 278 g/mol. The normalized spacial score (nSPS) is 12.8. The molecule has 0 unspecified atom stereocenters. The molecule has 0 rings (SSSR count). The summed E-state index contributed by atoms with van der Waals surface area (Å²) in [5.74, 6) is 0.